The predicted molar refractivity (Wildman–Crippen MR) is 48.8 cm³/mol. The summed E-state index contributed by atoms with van der Waals surface area (Å²) in [5.74, 6) is -0.227. The maximum absolute atomic E-state index is 9.80. The minimum absolute atomic E-state index is 0.227. The molecule has 0 amide bonds. The summed E-state index contributed by atoms with van der Waals surface area (Å²) >= 11 is 0. The van der Waals surface area contributed by atoms with Gasteiger partial charge in [0.2, 0.25) is 0 Å². The monoisotopic (exact) mass is 173 g/mol. The van der Waals surface area contributed by atoms with Crippen molar-refractivity contribution >= 4 is 0 Å². The number of fused-ring (bicyclic) bond motifs is 1. The molecule has 1 aromatic rings. The Morgan fingerprint density at radius 3 is 2.92 bits per heavy atom. The first-order valence-corrected chi connectivity index (χ1v) is 4.48. The molecule has 2 atom stereocenters. The second-order valence-corrected chi connectivity index (χ2v) is 3.42. The van der Waals surface area contributed by atoms with Crippen LogP contribution in [0, 0.1) is 17.2 Å². The van der Waals surface area contributed by atoms with Crippen molar-refractivity contribution in [2.24, 2.45) is 5.92 Å². The van der Waals surface area contributed by atoms with Crippen LogP contribution in [0.4, 0.5) is 0 Å². The first-order valence-electron chi connectivity index (χ1n) is 4.48. The van der Waals surface area contributed by atoms with Gasteiger partial charge in [0.15, 0.2) is 0 Å². The highest BCUT2D eigenvalue weighted by atomic mass is 16.3. The number of nitrogens with zero attached hydrogens (tertiary/aromatic N) is 1. The van der Waals surface area contributed by atoms with E-state index in [1.165, 1.54) is 5.56 Å². The standard InChI is InChI=1S/C11H11NO/c12-7-9-6-5-8-3-1-2-4-10(8)11(9)13/h1-4,9,11,13H,5-6H2/t9-,11+/m0/s1. The number of aryl methyl sites for hydroxylation is 1. The quantitative estimate of drug-likeness (QED) is 0.650. The van der Waals surface area contributed by atoms with E-state index in [2.05, 4.69) is 6.07 Å². The molecule has 1 aliphatic rings. The van der Waals surface area contributed by atoms with Gasteiger partial charge in [-0.25, -0.2) is 0 Å². The lowest BCUT2D eigenvalue weighted by molar-refractivity contribution is 0.121. The van der Waals surface area contributed by atoms with Gasteiger partial charge in [-0.1, -0.05) is 24.3 Å². The van der Waals surface area contributed by atoms with Crippen LogP contribution in [-0.4, -0.2) is 5.11 Å². The highest BCUT2D eigenvalue weighted by molar-refractivity contribution is 5.32. The van der Waals surface area contributed by atoms with Gasteiger partial charge < -0.3 is 5.11 Å². The molecular formula is C11H11NO. The summed E-state index contributed by atoms with van der Waals surface area (Å²) in [5.41, 5.74) is 2.11. The van der Waals surface area contributed by atoms with E-state index in [1.807, 2.05) is 24.3 Å². The Balaban J connectivity index is 2.40. The largest absolute Gasteiger partial charge is 0.387 e. The second-order valence-electron chi connectivity index (χ2n) is 3.42. The molecule has 0 fully saturated rings. The van der Waals surface area contributed by atoms with Crippen LogP contribution in [-0.2, 0) is 6.42 Å². The molecular weight excluding hydrogens is 162 g/mol. The number of nitriles is 1. The van der Waals surface area contributed by atoms with Gasteiger partial charge in [-0.15, -0.1) is 0 Å². The molecule has 2 nitrogen and oxygen atoms in total. The van der Waals surface area contributed by atoms with Crippen LogP contribution in [0.5, 0.6) is 0 Å². The van der Waals surface area contributed by atoms with Crippen LogP contribution in [0.2, 0.25) is 0 Å². The lowest BCUT2D eigenvalue weighted by atomic mass is 9.82. The number of aliphatic hydroxyl groups excluding tert-OH is 1. The molecule has 2 rings (SSSR count). The Morgan fingerprint density at radius 2 is 2.15 bits per heavy atom. The van der Waals surface area contributed by atoms with Crippen LogP contribution in [0.1, 0.15) is 23.7 Å². The Bertz CT molecular complexity index is 353. The lowest BCUT2D eigenvalue weighted by Crippen LogP contribution is -2.18. The fourth-order valence-electron chi connectivity index (χ4n) is 1.87. The molecule has 66 valence electrons. The summed E-state index contributed by atoms with van der Waals surface area (Å²) in [4.78, 5) is 0. The van der Waals surface area contributed by atoms with Gasteiger partial charge >= 0.3 is 0 Å². The molecule has 0 aromatic heterocycles. The van der Waals surface area contributed by atoms with E-state index in [0.717, 1.165) is 18.4 Å². The smallest absolute Gasteiger partial charge is 0.0950 e. The van der Waals surface area contributed by atoms with Crippen molar-refractivity contribution in [3.63, 3.8) is 0 Å². The van der Waals surface area contributed by atoms with Crippen molar-refractivity contribution in [1.29, 1.82) is 5.26 Å². The third-order valence-corrected chi connectivity index (χ3v) is 2.65. The average molecular weight is 173 g/mol. The molecule has 1 aliphatic carbocycles. The maximum atomic E-state index is 9.80. The zero-order valence-electron chi connectivity index (χ0n) is 7.27. The van der Waals surface area contributed by atoms with E-state index < -0.39 is 6.10 Å². The van der Waals surface area contributed by atoms with E-state index in [1.54, 1.807) is 0 Å². The number of aliphatic hydroxyl groups is 1. The third-order valence-electron chi connectivity index (χ3n) is 2.65. The van der Waals surface area contributed by atoms with Gasteiger partial charge in [0, 0.05) is 0 Å². The van der Waals surface area contributed by atoms with Gasteiger partial charge in [0.25, 0.3) is 0 Å². The van der Waals surface area contributed by atoms with Crippen LogP contribution in [0.15, 0.2) is 24.3 Å². The molecule has 2 heteroatoms. The fraction of sp³-hybridized carbons (Fsp3) is 0.364. The molecule has 13 heavy (non-hydrogen) atoms. The van der Waals surface area contributed by atoms with E-state index in [0.29, 0.717) is 0 Å². The highest BCUT2D eigenvalue weighted by Gasteiger charge is 2.26. The molecule has 1 aromatic carbocycles. The first kappa shape index (κ1) is 8.28. The normalized spacial score (nSPS) is 26.2. The van der Waals surface area contributed by atoms with Crippen LogP contribution < -0.4 is 0 Å². The summed E-state index contributed by atoms with van der Waals surface area (Å²) in [6.45, 7) is 0. The van der Waals surface area contributed by atoms with E-state index >= 15 is 0 Å². The van der Waals surface area contributed by atoms with Gasteiger partial charge in [0.05, 0.1) is 18.1 Å². The Kier molecular flexibility index (Phi) is 2.03. The lowest BCUT2D eigenvalue weighted by Gasteiger charge is -2.25. The molecule has 0 radical (unpaired) electrons. The fourth-order valence-corrected chi connectivity index (χ4v) is 1.87. The summed E-state index contributed by atoms with van der Waals surface area (Å²) in [6.07, 6.45) is 1.09. The van der Waals surface area contributed by atoms with Crippen molar-refractivity contribution in [1.82, 2.24) is 0 Å². The first-order chi connectivity index (χ1) is 6.33. The number of hydrogen-bond donors (Lipinski definition) is 1. The predicted octanol–water partition coefficient (Wildman–Crippen LogP) is 1.81. The molecule has 0 saturated heterocycles. The van der Waals surface area contributed by atoms with Crippen molar-refractivity contribution in [2.75, 3.05) is 0 Å². The van der Waals surface area contributed by atoms with Gasteiger partial charge in [-0.2, -0.15) is 5.26 Å². The molecule has 0 aliphatic heterocycles. The molecule has 0 saturated carbocycles. The zero-order valence-corrected chi connectivity index (χ0v) is 7.27. The minimum Gasteiger partial charge on any atom is -0.387 e. The Labute approximate surface area is 77.4 Å². The van der Waals surface area contributed by atoms with Crippen molar-refractivity contribution in [2.45, 2.75) is 18.9 Å². The second kappa shape index (κ2) is 3.20. The molecule has 0 bridgehead atoms. The van der Waals surface area contributed by atoms with Crippen LogP contribution >= 0.6 is 0 Å². The zero-order chi connectivity index (χ0) is 9.26. The number of rotatable bonds is 0. The molecule has 0 unspecified atom stereocenters. The van der Waals surface area contributed by atoms with E-state index in [4.69, 9.17) is 5.26 Å². The number of benzene rings is 1. The van der Waals surface area contributed by atoms with E-state index in [-0.39, 0.29) is 5.92 Å². The van der Waals surface area contributed by atoms with Gasteiger partial charge in [0.1, 0.15) is 0 Å². The summed E-state index contributed by atoms with van der Waals surface area (Å²) in [6, 6.07) is 9.95. The van der Waals surface area contributed by atoms with Crippen molar-refractivity contribution in [3.05, 3.63) is 35.4 Å². The summed E-state index contributed by atoms with van der Waals surface area (Å²) in [7, 11) is 0. The molecule has 0 heterocycles. The van der Waals surface area contributed by atoms with Gasteiger partial charge in [-0.05, 0) is 24.0 Å². The Morgan fingerprint density at radius 1 is 1.38 bits per heavy atom. The highest BCUT2D eigenvalue weighted by Crippen LogP contribution is 2.33. The minimum atomic E-state index is -0.588. The average Bonchev–Trinajstić information content (AvgIpc) is 2.19. The van der Waals surface area contributed by atoms with E-state index in [9.17, 15) is 5.11 Å². The number of hydrogen-bond acceptors (Lipinski definition) is 2. The summed E-state index contributed by atoms with van der Waals surface area (Å²) in [5, 5.41) is 18.6. The van der Waals surface area contributed by atoms with Gasteiger partial charge in [-0.3, -0.25) is 0 Å². The third kappa shape index (κ3) is 1.32. The van der Waals surface area contributed by atoms with Crippen LogP contribution in [0.3, 0.4) is 0 Å². The Hall–Kier alpha value is -1.33. The van der Waals surface area contributed by atoms with Crippen molar-refractivity contribution < 1.29 is 5.11 Å². The topological polar surface area (TPSA) is 44.0 Å². The SMILES string of the molecule is N#C[C@@H]1CCc2ccccc2[C@@H]1O. The summed E-state index contributed by atoms with van der Waals surface area (Å²) < 4.78 is 0. The van der Waals surface area contributed by atoms with Crippen molar-refractivity contribution in [3.8, 4) is 6.07 Å². The van der Waals surface area contributed by atoms with Crippen LogP contribution in [0.25, 0.3) is 0 Å². The molecule has 1 N–H and O–H groups in total. The molecule has 0 spiro atoms. The maximum Gasteiger partial charge on any atom is 0.0950 e.